The highest BCUT2D eigenvalue weighted by Gasteiger charge is 2.28. The first-order chi connectivity index (χ1) is 10.1. The van der Waals surface area contributed by atoms with Gasteiger partial charge in [0.25, 0.3) is 0 Å². The Morgan fingerprint density at radius 1 is 1.29 bits per heavy atom. The highest BCUT2D eigenvalue weighted by molar-refractivity contribution is 5.97. The number of urea groups is 1. The van der Waals surface area contributed by atoms with E-state index < -0.39 is 0 Å². The van der Waals surface area contributed by atoms with Crippen LogP contribution in [0.25, 0.3) is 10.9 Å². The van der Waals surface area contributed by atoms with E-state index in [9.17, 15) is 9.59 Å². The molecule has 1 aliphatic rings. The number of para-hydroxylation sites is 1. The number of hydrogen-bond acceptors (Lipinski definition) is 3. The van der Waals surface area contributed by atoms with Crippen molar-refractivity contribution in [2.45, 2.75) is 13.3 Å². The zero-order valence-electron chi connectivity index (χ0n) is 11.9. The first kappa shape index (κ1) is 13.5. The fourth-order valence-corrected chi connectivity index (χ4v) is 2.62. The molecule has 1 aromatic heterocycles. The molecule has 2 aromatic rings. The van der Waals surface area contributed by atoms with Crippen LogP contribution in [-0.4, -0.2) is 34.9 Å². The van der Waals surface area contributed by atoms with Crippen LogP contribution in [0.2, 0.25) is 0 Å². The maximum Gasteiger partial charge on any atom is 0.324 e. The molecule has 0 spiro atoms. The number of nitrogens with zero attached hydrogens (tertiary/aromatic N) is 2. The molecule has 1 aromatic carbocycles. The standard InChI is InChI=1S/C16H17N3O2/c1-11-10-19(16(21)18-15(11)20)9-7-13-5-2-4-12-6-3-8-17-14(12)13/h2-6,8,11H,7,9-10H2,1H3,(H,18,20,21). The Bertz CT molecular complexity index is 693. The smallest absolute Gasteiger partial charge is 0.323 e. The average molecular weight is 283 g/mol. The number of carbonyl (C=O) groups excluding carboxylic acids is 2. The summed E-state index contributed by atoms with van der Waals surface area (Å²) in [7, 11) is 0. The third-order valence-electron chi connectivity index (χ3n) is 3.83. The minimum absolute atomic E-state index is 0.159. The molecular formula is C16H17N3O2. The van der Waals surface area contributed by atoms with E-state index in [1.807, 2.05) is 37.3 Å². The summed E-state index contributed by atoms with van der Waals surface area (Å²) in [6.45, 7) is 2.89. The fraction of sp³-hybridized carbons (Fsp3) is 0.312. The van der Waals surface area contributed by atoms with Crippen LogP contribution in [-0.2, 0) is 11.2 Å². The van der Waals surface area contributed by atoms with E-state index in [4.69, 9.17) is 0 Å². The lowest BCUT2D eigenvalue weighted by atomic mass is 10.1. The first-order valence-corrected chi connectivity index (χ1v) is 7.07. The van der Waals surface area contributed by atoms with Crippen molar-refractivity contribution in [1.82, 2.24) is 15.2 Å². The molecule has 3 rings (SSSR count). The predicted molar refractivity (Wildman–Crippen MR) is 79.7 cm³/mol. The van der Waals surface area contributed by atoms with Crippen molar-refractivity contribution >= 4 is 22.8 Å². The van der Waals surface area contributed by atoms with Gasteiger partial charge in [-0.15, -0.1) is 0 Å². The SMILES string of the molecule is CC1CN(CCc2cccc3cccnc23)C(=O)NC1=O. The molecule has 5 heteroatoms. The fourth-order valence-electron chi connectivity index (χ4n) is 2.62. The Hall–Kier alpha value is -2.43. The summed E-state index contributed by atoms with van der Waals surface area (Å²) in [5.74, 6) is -0.351. The number of aromatic nitrogens is 1. The second-order valence-electron chi connectivity index (χ2n) is 5.38. The van der Waals surface area contributed by atoms with Gasteiger partial charge in [-0.25, -0.2) is 4.79 Å². The van der Waals surface area contributed by atoms with Gasteiger partial charge in [-0.3, -0.25) is 15.1 Å². The normalized spacial score (nSPS) is 18.9. The number of benzene rings is 1. The van der Waals surface area contributed by atoms with Crippen molar-refractivity contribution < 1.29 is 9.59 Å². The summed E-state index contributed by atoms with van der Waals surface area (Å²) >= 11 is 0. The number of rotatable bonds is 3. The van der Waals surface area contributed by atoms with Crippen molar-refractivity contribution in [2.75, 3.05) is 13.1 Å². The highest BCUT2D eigenvalue weighted by atomic mass is 16.2. The Morgan fingerprint density at radius 3 is 2.95 bits per heavy atom. The van der Waals surface area contributed by atoms with Gasteiger partial charge < -0.3 is 4.90 Å². The van der Waals surface area contributed by atoms with Crippen LogP contribution in [0, 0.1) is 5.92 Å². The van der Waals surface area contributed by atoms with Crippen LogP contribution < -0.4 is 5.32 Å². The summed E-state index contributed by atoms with van der Waals surface area (Å²) in [6.07, 6.45) is 2.50. The minimum Gasteiger partial charge on any atom is -0.323 e. The summed E-state index contributed by atoms with van der Waals surface area (Å²) in [5, 5.41) is 3.48. The van der Waals surface area contributed by atoms with E-state index in [-0.39, 0.29) is 17.9 Å². The molecular weight excluding hydrogens is 266 g/mol. The molecule has 1 saturated heterocycles. The number of pyridine rings is 1. The molecule has 5 nitrogen and oxygen atoms in total. The lowest BCUT2D eigenvalue weighted by Gasteiger charge is -2.30. The molecule has 1 atom stereocenters. The molecule has 108 valence electrons. The van der Waals surface area contributed by atoms with E-state index in [2.05, 4.69) is 10.3 Å². The lowest BCUT2D eigenvalue weighted by molar-refractivity contribution is -0.125. The zero-order valence-corrected chi connectivity index (χ0v) is 11.9. The van der Waals surface area contributed by atoms with Gasteiger partial charge in [0.2, 0.25) is 5.91 Å². The second kappa shape index (κ2) is 5.52. The number of hydrogen-bond donors (Lipinski definition) is 1. The second-order valence-corrected chi connectivity index (χ2v) is 5.38. The molecule has 0 radical (unpaired) electrons. The molecule has 1 N–H and O–H groups in total. The van der Waals surface area contributed by atoms with E-state index in [0.717, 1.165) is 22.9 Å². The van der Waals surface area contributed by atoms with Gasteiger partial charge in [-0.05, 0) is 18.1 Å². The Kier molecular flexibility index (Phi) is 3.56. The molecule has 3 amide bonds. The molecule has 1 aliphatic heterocycles. The van der Waals surface area contributed by atoms with E-state index in [1.54, 1.807) is 11.1 Å². The Balaban J connectivity index is 1.75. The van der Waals surface area contributed by atoms with Crippen LogP contribution >= 0.6 is 0 Å². The van der Waals surface area contributed by atoms with Crippen LogP contribution in [0.5, 0.6) is 0 Å². The van der Waals surface area contributed by atoms with E-state index in [1.165, 1.54) is 0 Å². The van der Waals surface area contributed by atoms with Gasteiger partial charge in [0.15, 0.2) is 0 Å². The van der Waals surface area contributed by atoms with Crippen molar-refractivity contribution in [3.63, 3.8) is 0 Å². The molecule has 0 aliphatic carbocycles. The van der Waals surface area contributed by atoms with Gasteiger partial charge in [0.05, 0.1) is 11.4 Å². The first-order valence-electron chi connectivity index (χ1n) is 7.07. The van der Waals surface area contributed by atoms with Gasteiger partial charge >= 0.3 is 6.03 Å². The summed E-state index contributed by atoms with van der Waals surface area (Å²) in [5.41, 5.74) is 2.09. The minimum atomic E-state index is -0.300. The monoisotopic (exact) mass is 283 g/mol. The third kappa shape index (κ3) is 2.72. The predicted octanol–water partition coefficient (Wildman–Crippen LogP) is 1.97. The van der Waals surface area contributed by atoms with Crippen molar-refractivity contribution in [3.05, 3.63) is 42.1 Å². The van der Waals surface area contributed by atoms with Crippen molar-refractivity contribution in [2.24, 2.45) is 5.92 Å². The Labute approximate surface area is 123 Å². The van der Waals surface area contributed by atoms with E-state index >= 15 is 0 Å². The quantitative estimate of drug-likeness (QED) is 0.936. The largest absolute Gasteiger partial charge is 0.324 e. The number of nitrogens with one attached hydrogen (secondary N) is 1. The van der Waals surface area contributed by atoms with Crippen LogP contribution in [0.3, 0.4) is 0 Å². The van der Waals surface area contributed by atoms with Crippen LogP contribution in [0.15, 0.2) is 36.5 Å². The third-order valence-corrected chi connectivity index (χ3v) is 3.83. The number of carbonyl (C=O) groups is 2. The average Bonchev–Trinajstić information content (AvgIpc) is 2.49. The molecule has 0 saturated carbocycles. The van der Waals surface area contributed by atoms with Crippen LogP contribution in [0.4, 0.5) is 4.79 Å². The Morgan fingerprint density at radius 2 is 2.10 bits per heavy atom. The number of amides is 3. The molecule has 1 fully saturated rings. The maximum absolute atomic E-state index is 11.8. The van der Waals surface area contributed by atoms with Gasteiger partial charge in [0, 0.05) is 24.7 Å². The van der Waals surface area contributed by atoms with Gasteiger partial charge in [-0.1, -0.05) is 31.2 Å². The molecule has 1 unspecified atom stereocenters. The van der Waals surface area contributed by atoms with Crippen LogP contribution in [0.1, 0.15) is 12.5 Å². The molecule has 2 heterocycles. The highest BCUT2D eigenvalue weighted by Crippen LogP contribution is 2.17. The van der Waals surface area contributed by atoms with E-state index in [0.29, 0.717) is 13.1 Å². The molecule has 0 bridgehead atoms. The zero-order chi connectivity index (χ0) is 14.8. The van der Waals surface area contributed by atoms with Gasteiger partial charge in [0.1, 0.15) is 0 Å². The summed E-state index contributed by atoms with van der Waals surface area (Å²) < 4.78 is 0. The van der Waals surface area contributed by atoms with Crippen molar-refractivity contribution in [3.8, 4) is 0 Å². The lowest BCUT2D eigenvalue weighted by Crippen LogP contribution is -2.54. The maximum atomic E-state index is 11.8. The molecule has 21 heavy (non-hydrogen) atoms. The summed E-state index contributed by atoms with van der Waals surface area (Å²) in [4.78, 5) is 29.4. The topological polar surface area (TPSA) is 62.3 Å². The van der Waals surface area contributed by atoms with Crippen molar-refractivity contribution in [1.29, 1.82) is 0 Å². The summed E-state index contributed by atoms with van der Waals surface area (Å²) in [6, 6.07) is 9.71. The number of fused-ring (bicyclic) bond motifs is 1. The van der Waals surface area contributed by atoms with Gasteiger partial charge in [-0.2, -0.15) is 0 Å². The number of imide groups is 1.